The SMILES string of the molecule is Cl.Cl.NC=C(N)c1cccc2ccccc12. The van der Waals surface area contributed by atoms with Gasteiger partial charge in [0, 0.05) is 11.8 Å². The quantitative estimate of drug-likeness (QED) is 0.825. The third-order valence-electron chi connectivity index (χ3n) is 2.28. The number of benzene rings is 2. The molecule has 16 heavy (non-hydrogen) atoms. The fourth-order valence-electron chi connectivity index (χ4n) is 1.57. The normalized spacial score (nSPS) is 10.4. The molecule has 0 fully saturated rings. The van der Waals surface area contributed by atoms with Crippen LogP contribution in [0.3, 0.4) is 0 Å². The third kappa shape index (κ3) is 2.60. The average molecular weight is 257 g/mol. The van der Waals surface area contributed by atoms with Crippen LogP contribution in [-0.2, 0) is 0 Å². The molecule has 0 saturated heterocycles. The van der Waals surface area contributed by atoms with Gasteiger partial charge in [0.25, 0.3) is 0 Å². The van der Waals surface area contributed by atoms with E-state index >= 15 is 0 Å². The summed E-state index contributed by atoms with van der Waals surface area (Å²) in [5, 5.41) is 2.31. The largest absolute Gasteiger partial charge is 0.403 e. The molecule has 4 N–H and O–H groups in total. The first kappa shape index (κ1) is 14.6. The van der Waals surface area contributed by atoms with Gasteiger partial charge in [-0.3, -0.25) is 0 Å². The van der Waals surface area contributed by atoms with Crippen LogP contribution < -0.4 is 11.5 Å². The van der Waals surface area contributed by atoms with Crippen LogP contribution in [0.4, 0.5) is 0 Å². The number of fused-ring (bicyclic) bond motifs is 1. The summed E-state index contributed by atoms with van der Waals surface area (Å²) in [6, 6.07) is 14.1. The Hall–Kier alpha value is -1.38. The second kappa shape index (κ2) is 6.26. The molecule has 2 aromatic rings. The van der Waals surface area contributed by atoms with Gasteiger partial charge >= 0.3 is 0 Å². The Morgan fingerprint density at radius 2 is 1.56 bits per heavy atom. The van der Waals surface area contributed by atoms with E-state index in [9.17, 15) is 0 Å². The van der Waals surface area contributed by atoms with E-state index in [1.165, 1.54) is 11.6 Å². The van der Waals surface area contributed by atoms with E-state index in [1.807, 2.05) is 30.3 Å². The molecule has 2 aromatic carbocycles. The molecular formula is C12H14Cl2N2. The molecule has 0 amide bonds. The lowest BCUT2D eigenvalue weighted by Crippen LogP contribution is -2.00. The second-order valence-electron chi connectivity index (χ2n) is 3.15. The molecule has 0 aliphatic heterocycles. The fraction of sp³-hybridized carbons (Fsp3) is 0. The van der Waals surface area contributed by atoms with Crippen LogP contribution in [-0.4, -0.2) is 0 Å². The summed E-state index contributed by atoms with van der Waals surface area (Å²) in [7, 11) is 0. The predicted octanol–water partition coefficient (Wildman–Crippen LogP) is 2.90. The minimum absolute atomic E-state index is 0. The van der Waals surface area contributed by atoms with Gasteiger partial charge in [0.15, 0.2) is 0 Å². The topological polar surface area (TPSA) is 52.0 Å². The average Bonchev–Trinajstić information content (AvgIpc) is 2.27. The Balaban J connectivity index is 0.00000112. The van der Waals surface area contributed by atoms with Gasteiger partial charge in [-0.1, -0.05) is 42.5 Å². The van der Waals surface area contributed by atoms with Gasteiger partial charge in [-0.25, -0.2) is 0 Å². The van der Waals surface area contributed by atoms with Crippen molar-refractivity contribution in [3.63, 3.8) is 0 Å². The molecule has 0 aromatic heterocycles. The number of rotatable bonds is 1. The van der Waals surface area contributed by atoms with E-state index in [2.05, 4.69) is 12.1 Å². The Labute approximate surface area is 107 Å². The Kier molecular flexibility index (Phi) is 5.72. The van der Waals surface area contributed by atoms with Crippen molar-refractivity contribution >= 4 is 41.3 Å². The van der Waals surface area contributed by atoms with E-state index < -0.39 is 0 Å². The molecule has 0 heterocycles. The lowest BCUT2D eigenvalue weighted by Gasteiger charge is -2.05. The number of hydrogen-bond acceptors (Lipinski definition) is 2. The summed E-state index contributed by atoms with van der Waals surface area (Å²) in [6.45, 7) is 0. The molecular weight excluding hydrogens is 243 g/mol. The summed E-state index contributed by atoms with van der Waals surface area (Å²) < 4.78 is 0. The minimum Gasteiger partial charge on any atom is -0.403 e. The van der Waals surface area contributed by atoms with E-state index in [4.69, 9.17) is 11.5 Å². The lowest BCUT2D eigenvalue weighted by atomic mass is 10.0. The van der Waals surface area contributed by atoms with Crippen LogP contribution in [0.2, 0.25) is 0 Å². The molecule has 0 radical (unpaired) electrons. The van der Waals surface area contributed by atoms with Gasteiger partial charge in [-0.2, -0.15) is 0 Å². The Morgan fingerprint density at radius 1 is 0.938 bits per heavy atom. The van der Waals surface area contributed by atoms with Crippen molar-refractivity contribution in [2.45, 2.75) is 0 Å². The summed E-state index contributed by atoms with van der Waals surface area (Å²) in [5.74, 6) is 0. The zero-order valence-electron chi connectivity index (χ0n) is 8.59. The van der Waals surface area contributed by atoms with E-state index in [0.717, 1.165) is 10.9 Å². The summed E-state index contributed by atoms with van der Waals surface area (Å²) in [6.07, 6.45) is 1.43. The van der Waals surface area contributed by atoms with Gasteiger partial charge in [-0.15, -0.1) is 24.8 Å². The van der Waals surface area contributed by atoms with E-state index in [1.54, 1.807) is 0 Å². The summed E-state index contributed by atoms with van der Waals surface area (Å²) >= 11 is 0. The van der Waals surface area contributed by atoms with E-state index in [0.29, 0.717) is 5.70 Å². The van der Waals surface area contributed by atoms with Crippen LogP contribution in [0.25, 0.3) is 16.5 Å². The highest BCUT2D eigenvalue weighted by atomic mass is 35.5. The predicted molar refractivity (Wildman–Crippen MR) is 74.8 cm³/mol. The maximum atomic E-state index is 5.80. The molecule has 2 nitrogen and oxygen atoms in total. The lowest BCUT2D eigenvalue weighted by molar-refractivity contribution is 1.49. The summed E-state index contributed by atoms with van der Waals surface area (Å²) in [5.41, 5.74) is 12.8. The van der Waals surface area contributed by atoms with Crippen LogP contribution in [0.5, 0.6) is 0 Å². The molecule has 0 spiro atoms. The van der Waals surface area contributed by atoms with Crippen molar-refractivity contribution in [2.24, 2.45) is 11.5 Å². The monoisotopic (exact) mass is 256 g/mol. The zero-order chi connectivity index (χ0) is 9.97. The summed E-state index contributed by atoms with van der Waals surface area (Å²) in [4.78, 5) is 0. The van der Waals surface area contributed by atoms with E-state index in [-0.39, 0.29) is 24.8 Å². The van der Waals surface area contributed by atoms with Crippen molar-refractivity contribution in [1.29, 1.82) is 0 Å². The molecule has 4 heteroatoms. The first-order valence-electron chi connectivity index (χ1n) is 4.48. The molecule has 0 aliphatic carbocycles. The van der Waals surface area contributed by atoms with Crippen molar-refractivity contribution in [2.75, 3.05) is 0 Å². The fourth-order valence-corrected chi connectivity index (χ4v) is 1.57. The van der Waals surface area contributed by atoms with Gasteiger partial charge in [-0.05, 0) is 10.8 Å². The van der Waals surface area contributed by atoms with Crippen LogP contribution >= 0.6 is 24.8 Å². The smallest absolute Gasteiger partial charge is 0.0551 e. The molecule has 0 unspecified atom stereocenters. The van der Waals surface area contributed by atoms with Crippen molar-refractivity contribution in [3.8, 4) is 0 Å². The second-order valence-corrected chi connectivity index (χ2v) is 3.15. The zero-order valence-corrected chi connectivity index (χ0v) is 10.2. The van der Waals surface area contributed by atoms with Crippen molar-refractivity contribution < 1.29 is 0 Å². The Bertz CT molecular complexity index is 490. The molecule has 0 bridgehead atoms. The molecule has 86 valence electrons. The molecule has 0 aliphatic rings. The minimum atomic E-state index is 0. The highest BCUT2D eigenvalue weighted by molar-refractivity contribution is 5.93. The van der Waals surface area contributed by atoms with Gasteiger partial charge in [0.05, 0.1) is 5.70 Å². The number of halogens is 2. The first-order chi connectivity index (χ1) is 6.83. The van der Waals surface area contributed by atoms with Crippen molar-refractivity contribution in [3.05, 3.63) is 54.2 Å². The Morgan fingerprint density at radius 3 is 2.25 bits per heavy atom. The highest BCUT2D eigenvalue weighted by Crippen LogP contribution is 2.21. The van der Waals surface area contributed by atoms with Gasteiger partial charge in [0.2, 0.25) is 0 Å². The van der Waals surface area contributed by atoms with Crippen LogP contribution in [0.1, 0.15) is 5.56 Å². The van der Waals surface area contributed by atoms with Gasteiger partial charge < -0.3 is 11.5 Å². The third-order valence-corrected chi connectivity index (χ3v) is 2.28. The van der Waals surface area contributed by atoms with Crippen LogP contribution in [0, 0.1) is 0 Å². The molecule has 2 rings (SSSR count). The van der Waals surface area contributed by atoms with Crippen LogP contribution in [0.15, 0.2) is 48.7 Å². The standard InChI is InChI=1S/C12H12N2.2ClH/c13-8-12(14)11-7-3-5-9-4-1-2-6-10(9)11;;/h1-8H,13-14H2;2*1H. The molecule has 0 atom stereocenters. The van der Waals surface area contributed by atoms with Gasteiger partial charge in [0.1, 0.15) is 0 Å². The number of nitrogens with two attached hydrogens (primary N) is 2. The molecule has 0 saturated carbocycles. The van der Waals surface area contributed by atoms with Crippen molar-refractivity contribution in [1.82, 2.24) is 0 Å². The first-order valence-corrected chi connectivity index (χ1v) is 4.48. The maximum Gasteiger partial charge on any atom is 0.0551 e. The highest BCUT2D eigenvalue weighted by Gasteiger charge is 2.01. The maximum absolute atomic E-state index is 5.80. The number of hydrogen-bond donors (Lipinski definition) is 2.